The summed E-state index contributed by atoms with van der Waals surface area (Å²) in [6.07, 6.45) is 5.42. The van der Waals surface area contributed by atoms with E-state index >= 15 is 0 Å². The molecule has 0 radical (unpaired) electrons. The Labute approximate surface area is 175 Å². The normalized spacial score (nSPS) is 14.9. The number of piperazine rings is 1. The summed E-state index contributed by atoms with van der Waals surface area (Å²) >= 11 is 0. The van der Waals surface area contributed by atoms with Crippen LogP contribution >= 0.6 is 0 Å². The van der Waals surface area contributed by atoms with Crippen LogP contribution in [0.4, 0.5) is 5.69 Å². The second-order valence-electron chi connectivity index (χ2n) is 7.65. The van der Waals surface area contributed by atoms with E-state index in [4.69, 9.17) is 9.15 Å². The fourth-order valence-electron chi connectivity index (χ4n) is 3.87. The molecular formula is C24H24N4O2. The van der Waals surface area contributed by atoms with Crippen LogP contribution in [0.5, 0.6) is 5.88 Å². The second-order valence-corrected chi connectivity index (χ2v) is 7.65. The Bertz CT molecular complexity index is 1140. The first-order valence-corrected chi connectivity index (χ1v) is 10.1. The molecule has 1 saturated heterocycles. The van der Waals surface area contributed by atoms with Crippen LogP contribution in [0.15, 0.2) is 65.5 Å². The summed E-state index contributed by atoms with van der Waals surface area (Å²) in [5.41, 5.74) is 6.92. The third kappa shape index (κ3) is 3.50. The first-order valence-electron chi connectivity index (χ1n) is 10.1. The van der Waals surface area contributed by atoms with E-state index in [1.807, 2.05) is 24.4 Å². The Morgan fingerprint density at radius 1 is 0.867 bits per heavy atom. The molecule has 5 rings (SSSR count). The summed E-state index contributed by atoms with van der Waals surface area (Å²) in [5.74, 6) is 0.585. The van der Waals surface area contributed by atoms with Crippen LogP contribution in [-0.2, 0) is 0 Å². The number of hydrogen-bond donors (Lipinski definition) is 0. The van der Waals surface area contributed by atoms with E-state index in [0.717, 1.165) is 59.5 Å². The third-order valence-corrected chi connectivity index (χ3v) is 5.74. The van der Waals surface area contributed by atoms with Crippen LogP contribution in [0.2, 0.25) is 0 Å². The monoisotopic (exact) mass is 400 g/mol. The second kappa shape index (κ2) is 7.80. The van der Waals surface area contributed by atoms with Gasteiger partial charge in [0, 0.05) is 67.0 Å². The maximum absolute atomic E-state index is 5.82. The summed E-state index contributed by atoms with van der Waals surface area (Å²) in [4.78, 5) is 13.8. The Morgan fingerprint density at radius 3 is 2.30 bits per heavy atom. The number of benzene rings is 1. The molecule has 1 aliphatic rings. The van der Waals surface area contributed by atoms with Gasteiger partial charge < -0.3 is 19.0 Å². The van der Waals surface area contributed by atoms with Gasteiger partial charge in [0.25, 0.3) is 0 Å². The molecule has 4 heterocycles. The highest BCUT2D eigenvalue weighted by Crippen LogP contribution is 2.32. The highest BCUT2D eigenvalue weighted by molar-refractivity contribution is 5.92. The van der Waals surface area contributed by atoms with Gasteiger partial charge in [-0.25, -0.2) is 4.98 Å². The van der Waals surface area contributed by atoms with Crippen molar-refractivity contribution >= 4 is 16.8 Å². The summed E-state index contributed by atoms with van der Waals surface area (Å²) in [6.45, 7) is 4.34. The molecule has 0 unspecified atom stereocenters. The number of hydrogen-bond acceptors (Lipinski definition) is 6. The topological polar surface area (TPSA) is 54.6 Å². The number of rotatable bonds is 4. The lowest BCUT2D eigenvalue weighted by Gasteiger charge is -2.34. The predicted octanol–water partition coefficient (Wildman–Crippen LogP) is 4.32. The maximum atomic E-state index is 5.82. The standard InChI is InChI=1S/C24H24N4O2/c1-27-9-11-28(12-10-27)20-6-3-17(4-7-20)19-13-22-24(26-15-19)21(16-30-22)18-5-8-23(29-2)25-14-18/h3-8,13-16H,9-12H2,1-2H3. The molecule has 1 aromatic carbocycles. The van der Waals surface area contributed by atoms with Crippen molar-refractivity contribution in [1.82, 2.24) is 14.9 Å². The van der Waals surface area contributed by atoms with Gasteiger partial charge in [0.2, 0.25) is 5.88 Å². The molecule has 1 aliphatic heterocycles. The van der Waals surface area contributed by atoms with E-state index in [9.17, 15) is 0 Å². The van der Waals surface area contributed by atoms with Gasteiger partial charge >= 0.3 is 0 Å². The average molecular weight is 400 g/mol. The quantitative estimate of drug-likeness (QED) is 0.509. The summed E-state index contributed by atoms with van der Waals surface area (Å²) in [6, 6.07) is 14.6. The van der Waals surface area contributed by atoms with E-state index in [1.54, 1.807) is 19.6 Å². The Morgan fingerprint density at radius 2 is 1.60 bits per heavy atom. The first kappa shape index (κ1) is 18.6. The van der Waals surface area contributed by atoms with E-state index in [-0.39, 0.29) is 0 Å². The highest BCUT2D eigenvalue weighted by atomic mass is 16.5. The minimum atomic E-state index is 0.585. The lowest BCUT2D eigenvalue weighted by molar-refractivity contribution is 0.313. The Hall–Kier alpha value is -3.38. The molecule has 3 aromatic heterocycles. The van der Waals surface area contributed by atoms with Crippen LogP contribution in [0, 0.1) is 0 Å². The minimum Gasteiger partial charge on any atom is -0.481 e. The molecular weight excluding hydrogens is 376 g/mol. The van der Waals surface area contributed by atoms with Gasteiger partial charge in [-0.2, -0.15) is 0 Å². The van der Waals surface area contributed by atoms with Gasteiger partial charge in [-0.3, -0.25) is 4.98 Å². The van der Waals surface area contributed by atoms with Crippen LogP contribution in [0.25, 0.3) is 33.4 Å². The average Bonchev–Trinajstić information content (AvgIpc) is 3.23. The van der Waals surface area contributed by atoms with Crippen molar-refractivity contribution in [3.63, 3.8) is 0 Å². The number of furan rings is 1. The third-order valence-electron chi connectivity index (χ3n) is 5.74. The van der Waals surface area contributed by atoms with Crippen LogP contribution in [0.1, 0.15) is 0 Å². The molecule has 0 amide bonds. The molecule has 6 heteroatoms. The zero-order valence-corrected chi connectivity index (χ0v) is 17.2. The van der Waals surface area contributed by atoms with Gasteiger partial charge in [-0.1, -0.05) is 12.1 Å². The predicted molar refractivity (Wildman–Crippen MR) is 119 cm³/mol. The van der Waals surface area contributed by atoms with Gasteiger partial charge in [-0.15, -0.1) is 0 Å². The number of likely N-dealkylation sites (N-methyl/N-ethyl adjacent to an activating group) is 1. The molecule has 4 aromatic rings. The zero-order valence-electron chi connectivity index (χ0n) is 17.2. The molecule has 0 atom stereocenters. The van der Waals surface area contributed by atoms with Crippen molar-refractivity contribution in [3.05, 3.63) is 61.1 Å². The Balaban J connectivity index is 1.40. The van der Waals surface area contributed by atoms with Crippen molar-refractivity contribution in [2.45, 2.75) is 0 Å². The number of pyridine rings is 2. The van der Waals surface area contributed by atoms with Crippen molar-refractivity contribution in [2.75, 3.05) is 45.2 Å². The molecule has 1 fully saturated rings. The van der Waals surface area contributed by atoms with Gasteiger partial charge in [0.05, 0.1) is 7.11 Å². The number of nitrogens with zero attached hydrogens (tertiary/aromatic N) is 4. The fraction of sp³-hybridized carbons (Fsp3) is 0.250. The summed E-state index contributed by atoms with van der Waals surface area (Å²) in [5, 5.41) is 0. The summed E-state index contributed by atoms with van der Waals surface area (Å²) in [7, 11) is 3.78. The first-order chi connectivity index (χ1) is 14.7. The molecule has 30 heavy (non-hydrogen) atoms. The minimum absolute atomic E-state index is 0.585. The number of fused-ring (bicyclic) bond motifs is 1. The van der Waals surface area contributed by atoms with E-state index in [2.05, 4.69) is 51.1 Å². The number of aromatic nitrogens is 2. The van der Waals surface area contributed by atoms with Gasteiger partial charge in [-0.05, 0) is 36.9 Å². The summed E-state index contributed by atoms with van der Waals surface area (Å²) < 4.78 is 11.0. The maximum Gasteiger partial charge on any atom is 0.212 e. The molecule has 0 spiro atoms. The van der Waals surface area contributed by atoms with Crippen LogP contribution in [-0.4, -0.2) is 55.2 Å². The highest BCUT2D eigenvalue weighted by Gasteiger charge is 2.15. The SMILES string of the molecule is COc1ccc(-c2coc3cc(-c4ccc(N5CCN(C)CC5)cc4)cnc23)cn1. The molecule has 0 N–H and O–H groups in total. The Kier molecular flexibility index (Phi) is 4.85. The van der Waals surface area contributed by atoms with E-state index in [1.165, 1.54) is 5.69 Å². The van der Waals surface area contributed by atoms with Gasteiger partial charge in [0.15, 0.2) is 5.58 Å². The smallest absolute Gasteiger partial charge is 0.212 e. The lowest BCUT2D eigenvalue weighted by atomic mass is 10.1. The van der Waals surface area contributed by atoms with Crippen molar-refractivity contribution in [1.29, 1.82) is 0 Å². The number of anilines is 1. The van der Waals surface area contributed by atoms with Gasteiger partial charge in [0.1, 0.15) is 11.8 Å². The molecule has 152 valence electrons. The van der Waals surface area contributed by atoms with E-state index < -0.39 is 0 Å². The number of ether oxygens (including phenoxy) is 1. The zero-order chi connectivity index (χ0) is 20.5. The van der Waals surface area contributed by atoms with E-state index in [0.29, 0.717) is 5.88 Å². The van der Waals surface area contributed by atoms with Crippen LogP contribution < -0.4 is 9.64 Å². The lowest BCUT2D eigenvalue weighted by Crippen LogP contribution is -2.44. The fourth-order valence-corrected chi connectivity index (χ4v) is 3.87. The van der Waals surface area contributed by atoms with Crippen molar-refractivity contribution in [3.8, 4) is 28.1 Å². The molecule has 0 bridgehead atoms. The molecule has 6 nitrogen and oxygen atoms in total. The number of methoxy groups -OCH3 is 1. The van der Waals surface area contributed by atoms with Crippen molar-refractivity contribution < 1.29 is 9.15 Å². The molecule has 0 saturated carbocycles. The van der Waals surface area contributed by atoms with Crippen molar-refractivity contribution in [2.24, 2.45) is 0 Å². The van der Waals surface area contributed by atoms with Crippen LogP contribution in [0.3, 0.4) is 0 Å². The molecule has 0 aliphatic carbocycles. The largest absolute Gasteiger partial charge is 0.481 e.